The fourth-order valence-corrected chi connectivity index (χ4v) is 4.78. The standard InChI is InChI=1S/C27H32N2O4/c1-27(2,3)33-26(31)29-18-22(20-13-8-9-15-23(20)29)24-21(25(30)32-4)14-10-16-28(24)17-19-11-6-5-7-12-19/h5-9,11-13,15,18,21,24H,10,14,16-17H2,1-4H3/t21-,24+/m1/s1. The van der Waals surface area contributed by atoms with Gasteiger partial charge in [0.25, 0.3) is 0 Å². The summed E-state index contributed by atoms with van der Waals surface area (Å²) in [6.45, 7) is 7.14. The number of para-hydroxylation sites is 1. The second kappa shape index (κ2) is 9.40. The second-order valence-electron chi connectivity index (χ2n) is 9.62. The number of hydrogen-bond acceptors (Lipinski definition) is 5. The van der Waals surface area contributed by atoms with E-state index >= 15 is 0 Å². The lowest BCUT2D eigenvalue weighted by Crippen LogP contribution is -2.41. The summed E-state index contributed by atoms with van der Waals surface area (Å²) >= 11 is 0. The van der Waals surface area contributed by atoms with Crippen LogP contribution < -0.4 is 0 Å². The van der Waals surface area contributed by atoms with Gasteiger partial charge in [0.15, 0.2) is 0 Å². The molecule has 1 saturated heterocycles. The first kappa shape index (κ1) is 23.1. The Hall–Kier alpha value is -3.12. The summed E-state index contributed by atoms with van der Waals surface area (Å²) in [5, 5.41) is 0.947. The Morgan fingerprint density at radius 2 is 1.73 bits per heavy atom. The molecule has 1 aliphatic heterocycles. The molecule has 1 aromatic heterocycles. The van der Waals surface area contributed by atoms with E-state index in [0.717, 1.165) is 35.9 Å². The average molecular weight is 449 g/mol. The Morgan fingerprint density at radius 1 is 1.03 bits per heavy atom. The van der Waals surface area contributed by atoms with Crippen LogP contribution in [-0.2, 0) is 20.8 Å². The first-order chi connectivity index (χ1) is 15.8. The summed E-state index contributed by atoms with van der Waals surface area (Å²) in [7, 11) is 1.44. The van der Waals surface area contributed by atoms with E-state index in [1.807, 2.05) is 69.4 Å². The predicted octanol–water partition coefficient (Wildman–Crippen LogP) is 5.55. The molecule has 174 valence electrons. The van der Waals surface area contributed by atoms with Crippen LogP contribution >= 0.6 is 0 Å². The first-order valence-corrected chi connectivity index (χ1v) is 11.5. The van der Waals surface area contributed by atoms with E-state index in [2.05, 4.69) is 17.0 Å². The van der Waals surface area contributed by atoms with E-state index in [1.54, 1.807) is 4.57 Å². The molecule has 0 aliphatic carbocycles. The number of hydrogen-bond donors (Lipinski definition) is 0. The minimum absolute atomic E-state index is 0.208. The summed E-state index contributed by atoms with van der Waals surface area (Å²) in [6.07, 6.45) is 3.08. The normalized spacial score (nSPS) is 19.4. The number of benzene rings is 2. The van der Waals surface area contributed by atoms with Crippen molar-refractivity contribution >= 4 is 23.0 Å². The van der Waals surface area contributed by atoms with Crippen LogP contribution in [-0.4, -0.2) is 40.8 Å². The van der Waals surface area contributed by atoms with Crippen LogP contribution in [0.2, 0.25) is 0 Å². The molecular formula is C27H32N2O4. The predicted molar refractivity (Wildman–Crippen MR) is 128 cm³/mol. The first-order valence-electron chi connectivity index (χ1n) is 11.5. The van der Waals surface area contributed by atoms with Crippen LogP contribution in [0.5, 0.6) is 0 Å². The van der Waals surface area contributed by atoms with Crippen molar-refractivity contribution in [3.05, 3.63) is 71.9 Å². The lowest BCUT2D eigenvalue weighted by Gasteiger charge is -2.40. The molecule has 6 nitrogen and oxygen atoms in total. The summed E-state index contributed by atoms with van der Waals surface area (Å²) < 4.78 is 12.4. The lowest BCUT2D eigenvalue weighted by atomic mass is 9.84. The Balaban J connectivity index is 1.82. The molecular weight excluding hydrogens is 416 g/mol. The molecule has 0 N–H and O–H groups in total. The third-order valence-corrected chi connectivity index (χ3v) is 6.12. The topological polar surface area (TPSA) is 60.8 Å². The quantitative estimate of drug-likeness (QED) is 0.490. The number of carbonyl (C=O) groups is 2. The van der Waals surface area contributed by atoms with Gasteiger partial charge in [0, 0.05) is 18.1 Å². The number of piperidine rings is 1. The number of carbonyl (C=O) groups excluding carboxylic acids is 2. The third-order valence-electron chi connectivity index (χ3n) is 6.12. The van der Waals surface area contributed by atoms with Gasteiger partial charge in [0.2, 0.25) is 0 Å². The zero-order chi connectivity index (χ0) is 23.6. The van der Waals surface area contributed by atoms with E-state index in [1.165, 1.54) is 12.7 Å². The van der Waals surface area contributed by atoms with Gasteiger partial charge in [-0.1, -0.05) is 48.5 Å². The molecule has 1 fully saturated rings. The van der Waals surface area contributed by atoms with Gasteiger partial charge in [-0.05, 0) is 57.4 Å². The lowest BCUT2D eigenvalue weighted by molar-refractivity contribution is -0.150. The van der Waals surface area contributed by atoms with Crippen LogP contribution in [0.3, 0.4) is 0 Å². The highest BCUT2D eigenvalue weighted by atomic mass is 16.6. The molecule has 33 heavy (non-hydrogen) atoms. The van der Waals surface area contributed by atoms with Crippen molar-refractivity contribution in [2.75, 3.05) is 13.7 Å². The monoisotopic (exact) mass is 448 g/mol. The zero-order valence-corrected chi connectivity index (χ0v) is 19.8. The fourth-order valence-electron chi connectivity index (χ4n) is 4.78. The fraction of sp³-hybridized carbons (Fsp3) is 0.407. The Bertz CT molecular complexity index is 1130. The van der Waals surface area contributed by atoms with Gasteiger partial charge in [-0.2, -0.15) is 0 Å². The smallest absolute Gasteiger partial charge is 0.419 e. The molecule has 6 heteroatoms. The van der Waals surface area contributed by atoms with E-state index < -0.39 is 11.7 Å². The number of nitrogens with zero attached hydrogens (tertiary/aromatic N) is 2. The number of methoxy groups -OCH3 is 1. The zero-order valence-electron chi connectivity index (χ0n) is 19.8. The Labute approximate surface area is 195 Å². The highest BCUT2D eigenvalue weighted by molar-refractivity contribution is 5.93. The number of aromatic nitrogens is 1. The van der Waals surface area contributed by atoms with Crippen molar-refractivity contribution < 1.29 is 19.1 Å². The molecule has 2 heterocycles. The molecule has 0 bridgehead atoms. The number of rotatable bonds is 4. The average Bonchev–Trinajstić information content (AvgIpc) is 3.17. The molecule has 0 amide bonds. The minimum Gasteiger partial charge on any atom is -0.469 e. The van der Waals surface area contributed by atoms with Crippen LogP contribution in [0.1, 0.15) is 50.8 Å². The van der Waals surface area contributed by atoms with Crippen LogP contribution in [0, 0.1) is 5.92 Å². The number of likely N-dealkylation sites (tertiary alicyclic amines) is 1. The third kappa shape index (κ3) is 4.96. The van der Waals surface area contributed by atoms with E-state index in [0.29, 0.717) is 6.54 Å². The minimum atomic E-state index is -0.610. The van der Waals surface area contributed by atoms with Crippen molar-refractivity contribution in [1.82, 2.24) is 9.47 Å². The van der Waals surface area contributed by atoms with Crippen molar-refractivity contribution in [2.24, 2.45) is 5.92 Å². The van der Waals surface area contributed by atoms with E-state index in [4.69, 9.17) is 9.47 Å². The molecule has 4 rings (SSSR count). The molecule has 2 aromatic carbocycles. The maximum atomic E-state index is 13.1. The van der Waals surface area contributed by atoms with Gasteiger partial charge < -0.3 is 9.47 Å². The number of esters is 1. The van der Waals surface area contributed by atoms with Gasteiger partial charge in [0.05, 0.1) is 24.6 Å². The van der Waals surface area contributed by atoms with Gasteiger partial charge in [-0.15, -0.1) is 0 Å². The summed E-state index contributed by atoms with van der Waals surface area (Å²) in [5.74, 6) is -0.530. The van der Waals surface area contributed by atoms with Gasteiger partial charge in [-0.3, -0.25) is 14.3 Å². The van der Waals surface area contributed by atoms with Gasteiger partial charge in [-0.25, -0.2) is 4.79 Å². The molecule has 0 radical (unpaired) electrons. The van der Waals surface area contributed by atoms with Crippen LogP contribution in [0.4, 0.5) is 4.79 Å². The molecule has 0 spiro atoms. The number of ether oxygens (including phenoxy) is 2. The van der Waals surface area contributed by atoms with Crippen LogP contribution in [0.25, 0.3) is 10.9 Å². The molecule has 0 saturated carbocycles. The summed E-state index contributed by atoms with van der Waals surface area (Å²) in [5.41, 5.74) is 2.29. The SMILES string of the molecule is COC(=O)[C@@H]1CCCN(Cc2ccccc2)[C@@H]1c1cn(C(=O)OC(C)(C)C)c2ccccc12. The second-order valence-corrected chi connectivity index (χ2v) is 9.62. The molecule has 3 aromatic rings. The van der Waals surface area contributed by atoms with Crippen molar-refractivity contribution in [1.29, 1.82) is 0 Å². The van der Waals surface area contributed by atoms with Crippen LogP contribution in [0.15, 0.2) is 60.8 Å². The van der Waals surface area contributed by atoms with Crippen molar-refractivity contribution in [3.8, 4) is 0 Å². The Morgan fingerprint density at radius 3 is 2.42 bits per heavy atom. The summed E-state index contributed by atoms with van der Waals surface area (Å²) in [4.78, 5) is 28.3. The maximum Gasteiger partial charge on any atom is 0.419 e. The summed E-state index contributed by atoms with van der Waals surface area (Å²) in [6, 6.07) is 17.8. The largest absolute Gasteiger partial charge is 0.469 e. The van der Waals surface area contributed by atoms with Crippen molar-refractivity contribution in [2.45, 2.75) is 51.8 Å². The highest BCUT2D eigenvalue weighted by Gasteiger charge is 2.39. The Kier molecular flexibility index (Phi) is 6.56. The van der Waals surface area contributed by atoms with Gasteiger partial charge in [0.1, 0.15) is 5.60 Å². The van der Waals surface area contributed by atoms with Crippen molar-refractivity contribution in [3.63, 3.8) is 0 Å². The molecule has 0 unspecified atom stereocenters. The van der Waals surface area contributed by atoms with Gasteiger partial charge >= 0.3 is 12.1 Å². The van der Waals surface area contributed by atoms with E-state index in [9.17, 15) is 9.59 Å². The molecule has 2 atom stereocenters. The molecule has 1 aliphatic rings. The van der Waals surface area contributed by atoms with E-state index in [-0.39, 0.29) is 17.9 Å². The highest BCUT2D eigenvalue weighted by Crippen LogP contribution is 2.41. The number of fused-ring (bicyclic) bond motifs is 1. The maximum absolute atomic E-state index is 13.1.